The van der Waals surface area contributed by atoms with Crippen LogP contribution in [0.3, 0.4) is 0 Å². The molecule has 0 aliphatic rings. The predicted molar refractivity (Wildman–Crippen MR) is 75.2 cm³/mol. The molecule has 1 aromatic carbocycles. The fourth-order valence-corrected chi connectivity index (χ4v) is 2.14. The molecule has 0 aliphatic carbocycles. The highest BCUT2D eigenvalue weighted by molar-refractivity contribution is 5.21. The van der Waals surface area contributed by atoms with Gasteiger partial charge in [0.1, 0.15) is 11.6 Å². The number of halogens is 2. The molecule has 108 valence electrons. The van der Waals surface area contributed by atoms with E-state index in [1.54, 1.807) is 0 Å². The summed E-state index contributed by atoms with van der Waals surface area (Å²) in [5, 5.41) is 3.12. The van der Waals surface area contributed by atoms with Crippen LogP contribution in [0.5, 0.6) is 0 Å². The summed E-state index contributed by atoms with van der Waals surface area (Å²) in [6.07, 6.45) is 3.18. The topological polar surface area (TPSA) is 15.3 Å². The van der Waals surface area contributed by atoms with Crippen molar-refractivity contribution in [2.45, 2.75) is 32.2 Å². The van der Waals surface area contributed by atoms with Crippen molar-refractivity contribution in [1.29, 1.82) is 0 Å². The van der Waals surface area contributed by atoms with E-state index in [2.05, 4.69) is 24.2 Å². The normalized spacial score (nSPS) is 12.9. The zero-order chi connectivity index (χ0) is 14.3. The van der Waals surface area contributed by atoms with Crippen molar-refractivity contribution < 1.29 is 8.78 Å². The van der Waals surface area contributed by atoms with Crippen molar-refractivity contribution >= 4 is 0 Å². The van der Waals surface area contributed by atoms with Gasteiger partial charge in [0.25, 0.3) is 0 Å². The standard InChI is InChI=1S/C15H24F2N2/c1-4-5-7-19(3)8-6-15(18-2)12-9-13(16)11-14(17)10-12/h9-11,15,18H,4-8H2,1-3H3. The molecule has 19 heavy (non-hydrogen) atoms. The zero-order valence-corrected chi connectivity index (χ0v) is 12.0. The first-order valence-corrected chi connectivity index (χ1v) is 6.88. The van der Waals surface area contributed by atoms with Crippen molar-refractivity contribution in [2.24, 2.45) is 0 Å². The van der Waals surface area contributed by atoms with Crippen LogP contribution in [0.1, 0.15) is 37.8 Å². The Morgan fingerprint density at radius 3 is 2.32 bits per heavy atom. The van der Waals surface area contributed by atoms with Gasteiger partial charge >= 0.3 is 0 Å². The van der Waals surface area contributed by atoms with Gasteiger partial charge in [-0.25, -0.2) is 8.78 Å². The summed E-state index contributed by atoms with van der Waals surface area (Å²) < 4.78 is 26.4. The van der Waals surface area contributed by atoms with E-state index in [4.69, 9.17) is 0 Å². The third-order valence-corrected chi connectivity index (χ3v) is 3.33. The molecule has 0 radical (unpaired) electrons. The minimum absolute atomic E-state index is 0.0192. The van der Waals surface area contributed by atoms with Crippen LogP contribution in [0.4, 0.5) is 8.78 Å². The minimum atomic E-state index is -0.519. The smallest absolute Gasteiger partial charge is 0.126 e. The SMILES string of the molecule is CCCCN(C)CCC(NC)c1cc(F)cc(F)c1. The number of nitrogens with zero attached hydrogens (tertiary/aromatic N) is 1. The average molecular weight is 270 g/mol. The Morgan fingerprint density at radius 1 is 1.16 bits per heavy atom. The van der Waals surface area contributed by atoms with Crippen LogP contribution in [0.15, 0.2) is 18.2 Å². The minimum Gasteiger partial charge on any atom is -0.313 e. The molecule has 4 heteroatoms. The summed E-state index contributed by atoms with van der Waals surface area (Å²) in [5.41, 5.74) is 0.670. The third-order valence-electron chi connectivity index (χ3n) is 3.33. The fraction of sp³-hybridized carbons (Fsp3) is 0.600. The van der Waals surface area contributed by atoms with Crippen molar-refractivity contribution in [3.8, 4) is 0 Å². The lowest BCUT2D eigenvalue weighted by Crippen LogP contribution is -2.26. The fourth-order valence-electron chi connectivity index (χ4n) is 2.14. The first-order chi connectivity index (χ1) is 9.06. The Bertz CT molecular complexity index is 362. The van der Waals surface area contributed by atoms with Gasteiger partial charge in [0.05, 0.1) is 0 Å². The molecule has 2 nitrogen and oxygen atoms in total. The lowest BCUT2D eigenvalue weighted by Gasteiger charge is -2.21. The maximum Gasteiger partial charge on any atom is 0.126 e. The Balaban J connectivity index is 2.57. The summed E-state index contributed by atoms with van der Waals surface area (Å²) in [5.74, 6) is -1.04. The van der Waals surface area contributed by atoms with Crippen LogP contribution in [0.25, 0.3) is 0 Å². The number of nitrogens with one attached hydrogen (secondary N) is 1. The van der Waals surface area contributed by atoms with Crippen LogP contribution in [-0.2, 0) is 0 Å². The molecule has 1 unspecified atom stereocenters. The number of hydrogen-bond acceptors (Lipinski definition) is 2. The van der Waals surface area contributed by atoms with Crippen LogP contribution >= 0.6 is 0 Å². The molecule has 0 aliphatic heterocycles. The van der Waals surface area contributed by atoms with Crippen molar-refractivity contribution in [3.63, 3.8) is 0 Å². The van der Waals surface area contributed by atoms with Gasteiger partial charge in [-0.05, 0) is 57.7 Å². The third kappa shape index (κ3) is 5.66. The Hall–Kier alpha value is -1.00. The van der Waals surface area contributed by atoms with Gasteiger partial charge in [-0.3, -0.25) is 0 Å². The molecule has 1 N–H and O–H groups in total. The summed E-state index contributed by atoms with van der Waals surface area (Å²) in [7, 11) is 3.90. The molecule has 0 saturated carbocycles. The van der Waals surface area contributed by atoms with E-state index in [1.165, 1.54) is 25.0 Å². The van der Waals surface area contributed by atoms with Gasteiger partial charge in [0.2, 0.25) is 0 Å². The van der Waals surface area contributed by atoms with Gasteiger partial charge in [0, 0.05) is 12.1 Å². The maximum atomic E-state index is 13.2. The van der Waals surface area contributed by atoms with Gasteiger partial charge in [-0.1, -0.05) is 13.3 Å². The second-order valence-electron chi connectivity index (χ2n) is 4.99. The van der Waals surface area contributed by atoms with Crippen LogP contribution in [0.2, 0.25) is 0 Å². The van der Waals surface area contributed by atoms with Gasteiger partial charge in [-0.15, -0.1) is 0 Å². The highest BCUT2D eigenvalue weighted by Gasteiger charge is 2.12. The molecule has 0 spiro atoms. The molecule has 1 atom stereocenters. The van der Waals surface area contributed by atoms with Crippen molar-refractivity contribution in [2.75, 3.05) is 27.2 Å². The maximum absolute atomic E-state index is 13.2. The Kier molecular flexibility index (Phi) is 6.95. The second kappa shape index (κ2) is 8.23. The van der Waals surface area contributed by atoms with Gasteiger partial charge in [-0.2, -0.15) is 0 Å². The van der Waals surface area contributed by atoms with Crippen LogP contribution in [-0.4, -0.2) is 32.1 Å². The molecule has 1 rings (SSSR count). The Labute approximate surface area is 114 Å². The summed E-state index contributed by atoms with van der Waals surface area (Å²) in [6, 6.07) is 3.69. The average Bonchev–Trinajstić information content (AvgIpc) is 2.36. The number of unbranched alkanes of at least 4 members (excludes halogenated alkanes) is 1. The first kappa shape index (κ1) is 16.1. The molecule has 0 aromatic heterocycles. The largest absolute Gasteiger partial charge is 0.313 e. The van der Waals surface area contributed by atoms with E-state index in [-0.39, 0.29) is 6.04 Å². The highest BCUT2D eigenvalue weighted by Crippen LogP contribution is 2.19. The van der Waals surface area contributed by atoms with E-state index in [0.29, 0.717) is 5.56 Å². The highest BCUT2D eigenvalue weighted by atomic mass is 19.1. The van der Waals surface area contributed by atoms with Crippen molar-refractivity contribution in [1.82, 2.24) is 10.2 Å². The summed E-state index contributed by atoms with van der Waals surface area (Å²) >= 11 is 0. The number of benzene rings is 1. The lowest BCUT2D eigenvalue weighted by atomic mass is 10.0. The molecular formula is C15H24F2N2. The zero-order valence-electron chi connectivity index (χ0n) is 12.0. The molecule has 0 amide bonds. The molecule has 0 saturated heterocycles. The van der Waals surface area contributed by atoms with E-state index >= 15 is 0 Å². The van der Waals surface area contributed by atoms with Crippen LogP contribution in [0, 0.1) is 11.6 Å². The summed E-state index contributed by atoms with van der Waals surface area (Å²) in [4.78, 5) is 2.25. The van der Waals surface area contributed by atoms with Crippen molar-refractivity contribution in [3.05, 3.63) is 35.4 Å². The van der Waals surface area contributed by atoms with E-state index < -0.39 is 11.6 Å². The van der Waals surface area contributed by atoms with Gasteiger partial charge in [0.15, 0.2) is 0 Å². The second-order valence-corrected chi connectivity index (χ2v) is 4.99. The number of rotatable bonds is 8. The molecule has 1 aromatic rings. The van der Waals surface area contributed by atoms with Gasteiger partial charge < -0.3 is 10.2 Å². The number of hydrogen-bond donors (Lipinski definition) is 1. The first-order valence-electron chi connectivity index (χ1n) is 6.88. The summed E-state index contributed by atoms with van der Waals surface area (Å²) in [6.45, 7) is 4.13. The monoisotopic (exact) mass is 270 g/mol. The van der Waals surface area contributed by atoms with E-state index in [1.807, 2.05) is 7.05 Å². The molecule has 0 heterocycles. The molecular weight excluding hydrogens is 246 g/mol. The Morgan fingerprint density at radius 2 is 1.79 bits per heavy atom. The van der Waals surface area contributed by atoms with E-state index in [9.17, 15) is 8.78 Å². The molecule has 0 bridgehead atoms. The lowest BCUT2D eigenvalue weighted by molar-refractivity contribution is 0.306. The predicted octanol–water partition coefficient (Wildman–Crippen LogP) is 3.35. The van der Waals surface area contributed by atoms with E-state index in [0.717, 1.165) is 25.6 Å². The quantitative estimate of drug-likeness (QED) is 0.779. The molecule has 0 fully saturated rings. The van der Waals surface area contributed by atoms with Crippen LogP contribution < -0.4 is 5.32 Å².